The van der Waals surface area contributed by atoms with Crippen molar-refractivity contribution in [3.8, 4) is 17.0 Å². The molecule has 0 aliphatic rings. The maximum absolute atomic E-state index is 11.8. The molecule has 17 heavy (non-hydrogen) atoms. The molecule has 2 rings (SSSR count). The monoisotopic (exact) mass is 232 g/mol. The zero-order valence-electron chi connectivity index (χ0n) is 9.54. The Morgan fingerprint density at radius 3 is 2.18 bits per heavy atom. The van der Waals surface area contributed by atoms with Crippen LogP contribution in [0.1, 0.15) is 0 Å². The molecular formula is C12H12N2O3. The molecule has 0 bridgehead atoms. The summed E-state index contributed by atoms with van der Waals surface area (Å²) in [6, 6.07) is 8.83. The molecule has 0 radical (unpaired) electrons. The molecule has 0 saturated carbocycles. The van der Waals surface area contributed by atoms with Gasteiger partial charge in [-0.25, -0.2) is 4.79 Å². The summed E-state index contributed by atoms with van der Waals surface area (Å²) >= 11 is 0. The summed E-state index contributed by atoms with van der Waals surface area (Å²) in [7, 11) is 2.85. The molecule has 5 heteroatoms. The predicted molar refractivity (Wildman–Crippen MR) is 64.0 cm³/mol. The molecule has 88 valence electrons. The second kappa shape index (κ2) is 3.93. The SMILES string of the molecule is Cn1c(-c2ccccc2)c(O)c(=O)n(C)c1=O. The van der Waals surface area contributed by atoms with Gasteiger partial charge in [-0.3, -0.25) is 13.9 Å². The first-order valence-electron chi connectivity index (χ1n) is 5.08. The lowest BCUT2D eigenvalue weighted by atomic mass is 10.1. The molecule has 0 saturated heterocycles. The van der Waals surface area contributed by atoms with Crippen LogP contribution in [-0.4, -0.2) is 14.2 Å². The van der Waals surface area contributed by atoms with Crippen LogP contribution in [0.15, 0.2) is 39.9 Å². The Morgan fingerprint density at radius 2 is 1.59 bits per heavy atom. The van der Waals surface area contributed by atoms with E-state index >= 15 is 0 Å². The summed E-state index contributed by atoms with van der Waals surface area (Å²) in [4.78, 5) is 23.4. The Bertz CT molecular complexity index is 631. The van der Waals surface area contributed by atoms with Gasteiger partial charge < -0.3 is 5.11 Å². The topological polar surface area (TPSA) is 64.2 Å². The van der Waals surface area contributed by atoms with Gasteiger partial charge >= 0.3 is 5.69 Å². The summed E-state index contributed by atoms with van der Waals surface area (Å²) in [5.74, 6) is -0.416. The van der Waals surface area contributed by atoms with Crippen LogP contribution in [-0.2, 0) is 14.1 Å². The Balaban J connectivity index is 2.90. The second-order valence-corrected chi connectivity index (χ2v) is 3.77. The van der Waals surface area contributed by atoms with E-state index in [2.05, 4.69) is 0 Å². The van der Waals surface area contributed by atoms with Crippen molar-refractivity contribution in [2.75, 3.05) is 0 Å². The summed E-state index contributed by atoms with van der Waals surface area (Å²) < 4.78 is 2.13. The van der Waals surface area contributed by atoms with Gasteiger partial charge in [0.15, 0.2) is 0 Å². The van der Waals surface area contributed by atoms with Crippen molar-refractivity contribution in [1.82, 2.24) is 9.13 Å². The van der Waals surface area contributed by atoms with Gasteiger partial charge in [-0.2, -0.15) is 0 Å². The molecule has 0 spiro atoms. The Labute approximate surface area is 97.2 Å². The average molecular weight is 232 g/mol. The highest BCUT2D eigenvalue weighted by Crippen LogP contribution is 2.23. The standard InChI is InChI=1S/C12H12N2O3/c1-13-9(8-6-4-3-5-7-8)10(15)11(16)14(2)12(13)17/h3-7,15H,1-2H3. The molecule has 5 nitrogen and oxygen atoms in total. The number of nitrogens with zero attached hydrogens (tertiary/aromatic N) is 2. The van der Waals surface area contributed by atoms with Crippen molar-refractivity contribution in [2.45, 2.75) is 0 Å². The smallest absolute Gasteiger partial charge is 0.331 e. The number of aromatic hydroxyl groups is 1. The van der Waals surface area contributed by atoms with Crippen LogP contribution in [0.4, 0.5) is 0 Å². The van der Waals surface area contributed by atoms with Crippen LogP contribution < -0.4 is 11.2 Å². The minimum atomic E-state index is -0.688. The molecular weight excluding hydrogens is 220 g/mol. The highest BCUT2D eigenvalue weighted by atomic mass is 16.3. The molecule has 0 unspecified atom stereocenters. The minimum absolute atomic E-state index is 0.235. The average Bonchev–Trinajstić information content (AvgIpc) is 2.36. The fourth-order valence-electron chi connectivity index (χ4n) is 1.75. The van der Waals surface area contributed by atoms with Crippen molar-refractivity contribution in [3.05, 3.63) is 51.2 Å². The van der Waals surface area contributed by atoms with E-state index < -0.39 is 17.0 Å². The third kappa shape index (κ3) is 1.65. The van der Waals surface area contributed by atoms with E-state index in [9.17, 15) is 14.7 Å². The molecule has 1 aromatic carbocycles. The molecule has 1 aromatic heterocycles. The summed E-state index contributed by atoms with van der Waals surface area (Å²) in [5, 5.41) is 9.84. The number of hydrogen-bond donors (Lipinski definition) is 1. The molecule has 0 atom stereocenters. The lowest BCUT2D eigenvalue weighted by Gasteiger charge is -2.11. The normalized spacial score (nSPS) is 10.5. The second-order valence-electron chi connectivity index (χ2n) is 3.77. The van der Waals surface area contributed by atoms with E-state index in [4.69, 9.17) is 0 Å². The summed E-state index contributed by atoms with van der Waals surface area (Å²) in [6.45, 7) is 0. The third-order valence-electron chi connectivity index (χ3n) is 2.69. The van der Waals surface area contributed by atoms with Crippen LogP contribution in [0, 0.1) is 0 Å². The van der Waals surface area contributed by atoms with Crippen LogP contribution in [0.5, 0.6) is 5.75 Å². The first-order chi connectivity index (χ1) is 8.04. The highest BCUT2D eigenvalue weighted by molar-refractivity contribution is 5.65. The van der Waals surface area contributed by atoms with Crippen molar-refractivity contribution >= 4 is 0 Å². The van der Waals surface area contributed by atoms with Gasteiger partial charge in [0.25, 0.3) is 5.56 Å². The summed E-state index contributed by atoms with van der Waals surface area (Å²) in [5.41, 5.74) is -0.292. The van der Waals surface area contributed by atoms with Gasteiger partial charge in [0.1, 0.15) is 5.69 Å². The first kappa shape index (κ1) is 11.2. The third-order valence-corrected chi connectivity index (χ3v) is 2.69. The molecule has 0 fully saturated rings. The number of hydrogen-bond acceptors (Lipinski definition) is 3. The fourth-order valence-corrected chi connectivity index (χ4v) is 1.75. The van der Waals surface area contributed by atoms with Crippen molar-refractivity contribution < 1.29 is 5.11 Å². The van der Waals surface area contributed by atoms with Gasteiger partial charge in [0.2, 0.25) is 5.75 Å². The van der Waals surface area contributed by atoms with E-state index in [0.717, 1.165) is 4.57 Å². The van der Waals surface area contributed by atoms with E-state index in [1.165, 1.54) is 18.7 Å². The fraction of sp³-hybridized carbons (Fsp3) is 0.167. The van der Waals surface area contributed by atoms with Crippen LogP contribution in [0.2, 0.25) is 0 Å². The molecule has 1 heterocycles. The van der Waals surface area contributed by atoms with Crippen molar-refractivity contribution in [1.29, 1.82) is 0 Å². The quantitative estimate of drug-likeness (QED) is 0.776. The van der Waals surface area contributed by atoms with Crippen LogP contribution in [0.3, 0.4) is 0 Å². The molecule has 0 aliphatic heterocycles. The molecule has 1 N–H and O–H groups in total. The van der Waals surface area contributed by atoms with Gasteiger partial charge in [0.05, 0.1) is 0 Å². The van der Waals surface area contributed by atoms with E-state index in [0.29, 0.717) is 5.56 Å². The van der Waals surface area contributed by atoms with E-state index in [1.54, 1.807) is 24.3 Å². The van der Waals surface area contributed by atoms with Gasteiger partial charge in [-0.1, -0.05) is 30.3 Å². The van der Waals surface area contributed by atoms with Gasteiger partial charge in [0, 0.05) is 19.7 Å². The molecule has 0 aliphatic carbocycles. The molecule has 0 amide bonds. The van der Waals surface area contributed by atoms with Crippen LogP contribution in [0.25, 0.3) is 11.3 Å². The number of benzene rings is 1. The van der Waals surface area contributed by atoms with E-state index in [1.807, 2.05) is 6.07 Å². The Hall–Kier alpha value is -2.30. The zero-order chi connectivity index (χ0) is 12.6. The van der Waals surface area contributed by atoms with Gasteiger partial charge in [-0.05, 0) is 0 Å². The van der Waals surface area contributed by atoms with Crippen molar-refractivity contribution in [3.63, 3.8) is 0 Å². The zero-order valence-corrected chi connectivity index (χ0v) is 9.54. The maximum atomic E-state index is 11.8. The lowest BCUT2D eigenvalue weighted by molar-refractivity contribution is 0.450. The lowest BCUT2D eigenvalue weighted by Crippen LogP contribution is -2.37. The minimum Gasteiger partial charge on any atom is -0.502 e. The summed E-state index contributed by atoms with van der Waals surface area (Å²) in [6.07, 6.45) is 0. The van der Waals surface area contributed by atoms with Crippen molar-refractivity contribution in [2.24, 2.45) is 14.1 Å². The number of aromatic nitrogens is 2. The first-order valence-corrected chi connectivity index (χ1v) is 5.08. The van der Waals surface area contributed by atoms with Gasteiger partial charge in [-0.15, -0.1) is 0 Å². The Kier molecular flexibility index (Phi) is 2.59. The van der Waals surface area contributed by atoms with Crippen LogP contribution >= 0.6 is 0 Å². The highest BCUT2D eigenvalue weighted by Gasteiger charge is 2.15. The Morgan fingerprint density at radius 1 is 1.00 bits per heavy atom. The maximum Gasteiger partial charge on any atom is 0.331 e. The molecule has 2 aromatic rings. The number of rotatable bonds is 1. The van der Waals surface area contributed by atoms with E-state index in [-0.39, 0.29) is 5.69 Å². The largest absolute Gasteiger partial charge is 0.502 e. The predicted octanol–water partition coefficient (Wildman–Crippen LogP) is 0.457.